The molecule has 1 aliphatic heterocycles. The molecule has 156 valence electrons. The molecule has 0 atom stereocenters. The maximum absolute atomic E-state index is 12.0. The highest BCUT2D eigenvalue weighted by Gasteiger charge is 2.24. The van der Waals surface area contributed by atoms with Crippen LogP contribution in [0.25, 0.3) is 16.5 Å². The fraction of sp³-hybridized carbons (Fsp3) is 0.192. The fourth-order valence-corrected chi connectivity index (χ4v) is 4.52. The van der Waals surface area contributed by atoms with Crippen LogP contribution in [0.2, 0.25) is 0 Å². The predicted octanol–water partition coefficient (Wildman–Crippen LogP) is 5.96. The van der Waals surface area contributed by atoms with E-state index in [-0.39, 0.29) is 12.1 Å². The summed E-state index contributed by atoms with van der Waals surface area (Å²) in [6.07, 6.45) is -0.0285. The largest absolute Gasteiger partial charge is 0.462 e. The van der Waals surface area contributed by atoms with Crippen LogP contribution in [-0.4, -0.2) is 17.1 Å². The lowest BCUT2D eigenvalue weighted by Crippen LogP contribution is -2.24. The van der Waals surface area contributed by atoms with Crippen molar-refractivity contribution in [3.63, 3.8) is 0 Å². The Labute approximate surface area is 181 Å². The van der Waals surface area contributed by atoms with Crippen molar-refractivity contribution in [3.05, 3.63) is 89.2 Å². The first-order valence-corrected chi connectivity index (χ1v) is 10.6. The van der Waals surface area contributed by atoms with Crippen molar-refractivity contribution >= 4 is 28.1 Å². The number of carbonyl (C=O) groups is 1. The van der Waals surface area contributed by atoms with E-state index in [4.69, 9.17) is 4.74 Å². The zero-order valence-electron chi connectivity index (χ0n) is 17.9. The highest BCUT2D eigenvalue weighted by Crippen LogP contribution is 2.39. The Balaban J connectivity index is 1.49. The normalized spacial score (nSPS) is 13.0. The van der Waals surface area contributed by atoms with Crippen molar-refractivity contribution in [3.8, 4) is 5.69 Å². The molecule has 5 rings (SSSR count). The number of rotatable bonds is 4. The number of nitrogens with zero attached hydrogens (tertiary/aromatic N) is 1. The minimum Gasteiger partial charge on any atom is -0.462 e. The highest BCUT2D eigenvalue weighted by atomic mass is 16.5. The van der Waals surface area contributed by atoms with Gasteiger partial charge in [0, 0.05) is 39.4 Å². The lowest BCUT2D eigenvalue weighted by Gasteiger charge is -2.29. The average Bonchev–Trinajstić information content (AvgIpc) is 3.08. The Bertz CT molecular complexity index is 1250. The van der Waals surface area contributed by atoms with Gasteiger partial charge in [-0.15, -0.1) is 0 Å². The molecule has 1 aliphatic rings. The first-order chi connectivity index (χ1) is 15.1. The molecule has 5 nitrogen and oxygen atoms in total. The topological polar surface area (TPSA) is 55.3 Å². The van der Waals surface area contributed by atoms with Crippen LogP contribution in [0.1, 0.15) is 40.4 Å². The third-order valence-corrected chi connectivity index (χ3v) is 5.92. The number of esters is 1. The molecule has 0 radical (unpaired) electrons. The summed E-state index contributed by atoms with van der Waals surface area (Å²) in [7, 11) is 0. The standard InChI is InChI=1S/C26H25N3O2/c1-4-31-26(30)19-11-13-20(14-12-19)29-16(2)15-21(17(29)3)25-27-22-9-5-7-18-8-6-10-23(28-25)24(18)22/h5-15,25,27-28H,4H2,1-3H3. The fourth-order valence-electron chi connectivity index (χ4n) is 4.52. The number of hydrogen-bond donors (Lipinski definition) is 2. The van der Waals surface area contributed by atoms with Gasteiger partial charge in [0.15, 0.2) is 0 Å². The number of aromatic nitrogens is 1. The molecule has 2 N–H and O–H groups in total. The molecule has 0 aliphatic carbocycles. The molecule has 2 heterocycles. The van der Waals surface area contributed by atoms with E-state index in [9.17, 15) is 4.79 Å². The third-order valence-electron chi connectivity index (χ3n) is 5.92. The van der Waals surface area contributed by atoms with Crippen molar-refractivity contribution in [2.75, 3.05) is 17.2 Å². The number of nitrogens with one attached hydrogen (secondary N) is 2. The molecule has 0 saturated carbocycles. The summed E-state index contributed by atoms with van der Waals surface area (Å²) in [6, 6.07) is 22.5. The molecule has 5 heteroatoms. The molecule has 0 spiro atoms. The zero-order valence-corrected chi connectivity index (χ0v) is 17.9. The quantitative estimate of drug-likeness (QED) is 0.407. The molecule has 1 aromatic heterocycles. The number of ether oxygens (including phenoxy) is 1. The molecule has 0 bridgehead atoms. The SMILES string of the molecule is CCOC(=O)c1ccc(-n2c(C)cc(C3Nc4cccc5cccc(c45)N3)c2C)cc1. The van der Waals surface area contributed by atoms with E-state index < -0.39 is 0 Å². The van der Waals surface area contributed by atoms with Gasteiger partial charge in [0.05, 0.1) is 12.2 Å². The van der Waals surface area contributed by atoms with Crippen LogP contribution in [-0.2, 0) is 4.74 Å². The summed E-state index contributed by atoms with van der Waals surface area (Å²) in [4.78, 5) is 12.0. The summed E-state index contributed by atoms with van der Waals surface area (Å²) in [5.74, 6) is -0.292. The Hall–Kier alpha value is -3.73. The number of aryl methyl sites for hydroxylation is 1. The number of carbonyl (C=O) groups excluding carboxylic acids is 1. The van der Waals surface area contributed by atoms with Crippen molar-refractivity contribution in [2.45, 2.75) is 26.9 Å². The van der Waals surface area contributed by atoms with Crippen LogP contribution in [0, 0.1) is 13.8 Å². The van der Waals surface area contributed by atoms with E-state index in [2.05, 4.69) is 71.5 Å². The summed E-state index contributed by atoms with van der Waals surface area (Å²) >= 11 is 0. The Kier molecular flexibility index (Phi) is 4.66. The second kappa shape index (κ2) is 7.51. The summed E-state index contributed by atoms with van der Waals surface area (Å²) in [5, 5.41) is 9.77. The maximum atomic E-state index is 12.0. The van der Waals surface area contributed by atoms with Crippen molar-refractivity contribution in [1.82, 2.24) is 4.57 Å². The molecule has 0 fully saturated rings. The van der Waals surface area contributed by atoms with Gasteiger partial charge in [0.25, 0.3) is 0 Å². The van der Waals surface area contributed by atoms with Gasteiger partial charge in [-0.1, -0.05) is 24.3 Å². The molecular formula is C26H25N3O2. The summed E-state index contributed by atoms with van der Waals surface area (Å²) in [6.45, 7) is 6.42. The van der Waals surface area contributed by atoms with Gasteiger partial charge < -0.3 is 19.9 Å². The molecule has 0 amide bonds. The van der Waals surface area contributed by atoms with Gasteiger partial charge in [-0.25, -0.2) is 4.79 Å². The summed E-state index contributed by atoms with van der Waals surface area (Å²) in [5.41, 5.74) is 7.34. The van der Waals surface area contributed by atoms with E-state index >= 15 is 0 Å². The minimum atomic E-state index is -0.292. The first kappa shape index (κ1) is 19.2. The zero-order chi connectivity index (χ0) is 21.5. The molecule has 0 saturated heterocycles. The van der Waals surface area contributed by atoms with Crippen LogP contribution < -0.4 is 10.6 Å². The van der Waals surface area contributed by atoms with Crippen molar-refractivity contribution in [2.24, 2.45) is 0 Å². The van der Waals surface area contributed by atoms with Crippen LogP contribution in [0.5, 0.6) is 0 Å². The van der Waals surface area contributed by atoms with Crippen LogP contribution >= 0.6 is 0 Å². The predicted molar refractivity (Wildman–Crippen MR) is 125 cm³/mol. The van der Waals surface area contributed by atoms with E-state index in [1.54, 1.807) is 0 Å². The minimum absolute atomic E-state index is 0.0285. The third kappa shape index (κ3) is 3.22. The molecule has 3 aromatic carbocycles. The second-order valence-electron chi connectivity index (χ2n) is 7.86. The van der Waals surface area contributed by atoms with E-state index in [1.807, 2.05) is 31.2 Å². The highest BCUT2D eigenvalue weighted by molar-refractivity contribution is 6.04. The van der Waals surface area contributed by atoms with Gasteiger partial charge in [-0.2, -0.15) is 0 Å². The second-order valence-corrected chi connectivity index (χ2v) is 7.86. The van der Waals surface area contributed by atoms with Gasteiger partial charge in [-0.05, 0) is 68.6 Å². The van der Waals surface area contributed by atoms with Crippen molar-refractivity contribution < 1.29 is 9.53 Å². The molecule has 0 unspecified atom stereocenters. The van der Waals surface area contributed by atoms with Gasteiger partial charge >= 0.3 is 5.97 Å². The first-order valence-electron chi connectivity index (χ1n) is 10.6. The number of hydrogen-bond acceptors (Lipinski definition) is 4. The smallest absolute Gasteiger partial charge is 0.338 e. The average molecular weight is 412 g/mol. The molecule has 31 heavy (non-hydrogen) atoms. The van der Waals surface area contributed by atoms with E-state index in [1.165, 1.54) is 16.3 Å². The lowest BCUT2D eigenvalue weighted by atomic mass is 10.0. The Morgan fingerprint density at radius 2 is 1.61 bits per heavy atom. The van der Waals surface area contributed by atoms with Crippen LogP contribution in [0.15, 0.2) is 66.7 Å². The van der Waals surface area contributed by atoms with Gasteiger partial charge in [0.1, 0.15) is 6.17 Å². The van der Waals surface area contributed by atoms with E-state index in [0.717, 1.165) is 28.5 Å². The number of anilines is 2. The van der Waals surface area contributed by atoms with E-state index in [0.29, 0.717) is 12.2 Å². The monoisotopic (exact) mass is 411 g/mol. The van der Waals surface area contributed by atoms with Crippen LogP contribution in [0.3, 0.4) is 0 Å². The van der Waals surface area contributed by atoms with Gasteiger partial charge in [-0.3, -0.25) is 0 Å². The molecular weight excluding hydrogens is 386 g/mol. The maximum Gasteiger partial charge on any atom is 0.338 e. The van der Waals surface area contributed by atoms with Crippen LogP contribution in [0.4, 0.5) is 11.4 Å². The lowest BCUT2D eigenvalue weighted by molar-refractivity contribution is 0.0526. The van der Waals surface area contributed by atoms with Crippen molar-refractivity contribution in [1.29, 1.82) is 0 Å². The summed E-state index contributed by atoms with van der Waals surface area (Å²) < 4.78 is 7.31. The molecule has 4 aromatic rings. The number of benzene rings is 3. The Morgan fingerprint density at radius 3 is 2.23 bits per heavy atom. The van der Waals surface area contributed by atoms with Gasteiger partial charge in [0.2, 0.25) is 0 Å². The Morgan fingerprint density at radius 1 is 0.968 bits per heavy atom.